The maximum Gasteiger partial charge on any atom is 0.282 e. The third kappa shape index (κ3) is 5.85. The Morgan fingerprint density at radius 2 is 1.86 bits per heavy atom. The van der Waals surface area contributed by atoms with Crippen molar-refractivity contribution in [2.75, 3.05) is 6.61 Å². The molecule has 4 aromatic carbocycles. The molecule has 0 radical (unpaired) electrons. The van der Waals surface area contributed by atoms with Crippen molar-refractivity contribution in [3.05, 3.63) is 127 Å². The quantitative estimate of drug-likeness (QED) is 0.0906. The molecule has 0 aliphatic rings. The van der Waals surface area contributed by atoms with Gasteiger partial charge in [-0.2, -0.15) is 9.78 Å². The van der Waals surface area contributed by atoms with Gasteiger partial charge in [0.05, 0.1) is 33.7 Å². The molecule has 0 saturated carbocycles. The van der Waals surface area contributed by atoms with Gasteiger partial charge in [0.15, 0.2) is 17.3 Å². The van der Waals surface area contributed by atoms with Crippen molar-refractivity contribution < 1.29 is 18.8 Å². The van der Waals surface area contributed by atoms with E-state index in [1.54, 1.807) is 72.8 Å². The summed E-state index contributed by atoms with van der Waals surface area (Å²) in [4.78, 5) is 29.0. The highest BCUT2D eigenvalue weighted by Gasteiger charge is 2.18. The van der Waals surface area contributed by atoms with Crippen molar-refractivity contribution in [1.29, 1.82) is 0 Å². The third-order valence-corrected chi connectivity index (χ3v) is 7.13. The number of rotatable bonds is 9. The smallest absolute Gasteiger partial charge is 0.282 e. The molecule has 10 nitrogen and oxygen atoms in total. The topological polar surface area (TPSA) is 122 Å². The lowest BCUT2D eigenvalue weighted by Gasteiger charge is -2.14. The first kappa shape index (κ1) is 28.9. The molecule has 0 unspecified atom stereocenters. The lowest BCUT2D eigenvalue weighted by Crippen LogP contribution is -2.20. The fourth-order valence-electron chi connectivity index (χ4n) is 4.62. The molecule has 0 aliphatic carbocycles. The molecule has 0 amide bonds. The Morgan fingerprint density at radius 1 is 1.02 bits per heavy atom. The molecule has 0 saturated heterocycles. The van der Waals surface area contributed by atoms with Crippen LogP contribution in [0.25, 0.3) is 33.5 Å². The predicted molar refractivity (Wildman–Crippen MR) is 169 cm³/mol. The lowest BCUT2D eigenvalue weighted by atomic mass is 10.2. The molecule has 0 atom stereocenters. The number of hydrogen-bond acceptors (Lipinski definition) is 8. The summed E-state index contributed by atoms with van der Waals surface area (Å²) in [5.74, 6) is 1.14. The van der Waals surface area contributed by atoms with Crippen LogP contribution in [0.3, 0.4) is 0 Å². The van der Waals surface area contributed by atoms with E-state index in [-0.39, 0.29) is 28.9 Å². The molecule has 0 bridgehead atoms. The summed E-state index contributed by atoms with van der Waals surface area (Å²) in [5, 5.41) is 17.5. The van der Waals surface area contributed by atoms with Crippen molar-refractivity contribution in [2.24, 2.45) is 5.10 Å². The average molecular weight is 629 g/mol. The van der Waals surface area contributed by atoms with E-state index in [4.69, 9.17) is 42.1 Å². The number of aromatic nitrogens is 2. The highest BCUT2D eigenvalue weighted by molar-refractivity contribution is 6.32. The molecule has 12 heteroatoms. The fraction of sp³-hybridized carbons (Fsp3) is 0.0938. The number of benzene rings is 4. The van der Waals surface area contributed by atoms with E-state index >= 15 is 0 Å². The first-order chi connectivity index (χ1) is 21.3. The molecule has 44 heavy (non-hydrogen) atoms. The number of halogens is 2. The molecule has 220 valence electrons. The van der Waals surface area contributed by atoms with Crippen LogP contribution in [-0.2, 0) is 6.61 Å². The van der Waals surface area contributed by atoms with Crippen molar-refractivity contribution in [3.63, 3.8) is 0 Å². The van der Waals surface area contributed by atoms with E-state index in [2.05, 4.69) is 5.10 Å². The van der Waals surface area contributed by atoms with E-state index in [1.807, 2.05) is 6.92 Å². The van der Waals surface area contributed by atoms with Crippen LogP contribution in [0.4, 0.5) is 5.69 Å². The van der Waals surface area contributed by atoms with Crippen molar-refractivity contribution in [1.82, 2.24) is 9.66 Å². The average Bonchev–Trinajstić information content (AvgIpc) is 3.43. The van der Waals surface area contributed by atoms with Gasteiger partial charge in [-0.25, -0.2) is 4.98 Å². The second kappa shape index (κ2) is 12.2. The Morgan fingerprint density at radius 3 is 2.68 bits per heavy atom. The Hall–Kier alpha value is -5.19. The fourth-order valence-corrected chi connectivity index (χ4v) is 5.07. The molecule has 2 aromatic heterocycles. The molecule has 0 fully saturated rings. The minimum Gasteiger partial charge on any atom is -0.490 e. The van der Waals surface area contributed by atoms with E-state index in [9.17, 15) is 14.9 Å². The number of nitro benzene ring substituents is 1. The first-order valence-electron chi connectivity index (χ1n) is 13.4. The summed E-state index contributed by atoms with van der Waals surface area (Å²) in [6.45, 7) is 2.16. The van der Waals surface area contributed by atoms with Gasteiger partial charge in [0.1, 0.15) is 12.2 Å². The summed E-state index contributed by atoms with van der Waals surface area (Å²) in [7, 11) is 0. The van der Waals surface area contributed by atoms with Gasteiger partial charge >= 0.3 is 0 Å². The van der Waals surface area contributed by atoms with Gasteiger partial charge in [-0.15, -0.1) is 0 Å². The summed E-state index contributed by atoms with van der Waals surface area (Å²) in [5.41, 5.74) is 1.74. The van der Waals surface area contributed by atoms with Gasteiger partial charge < -0.3 is 13.9 Å². The second-order valence-electron chi connectivity index (χ2n) is 9.59. The van der Waals surface area contributed by atoms with E-state index in [0.29, 0.717) is 50.8 Å². The van der Waals surface area contributed by atoms with Crippen LogP contribution in [0.2, 0.25) is 10.0 Å². The van der Waals surface area contributed by atoms with Gasteiger partial charge in [0.2, 0.25) is 5.82 Å². The SMILES string of the molecule is CCOc1cc(C=Nn2c(-c3cc4cc(Cl)ccc4o3)nc3ccccc3c2=O)cc(Cl)c1OCc1cccc([N+](=O)[O-])c1. The standard InChI is InChI=1S/C32H22Cl2N4O6/c1-2-42-28-14-20(13-25(34)30(28)43-18-19-6-5-7-23(12-19)38(40)41)17-35-37-31(36-26-9-4-3-8-24(26)32(37)39)29-16-21-15-22(33)10-11-27(21)44-29/h3-17H,2,18H2,1H3. The van der Waals surface area contributed by atoms with E-state index < -0.39 is 10.5 Å². The van der Waals surface area contributed by atoms with Crippen LogP contribution < -0.4 is 15.0 Å². The molecule has 6 rings (SSSR count). The number of hydrogen-bond donors (Lipinski definition) is 0. The Kier molecular flexibility index (Phi) is 8.01. The third-order valence-electron chi connectivity index (χ3n) is 6.61. The Balaban J connectivity index is 1.38. The summed E-state index contributed by atoms with van der Waals surface area (Å²) >= 11 is 12.8. The highest BCUT2D eigenvalue weighted by atomic mass is 35.5. The van der Waals surface area contributed by atoms with Crippen LogP contribution in [-0.4, -0.2) is 27.4 Å². The molecule has 0 aliphatic heterocycles. The minimum absolute atomic E-state index is 0.0269. The normalized spacial score (nSPS) is 11.4. The lowest BCUT2D eigenvalue weighted by molar-refractivity contribution is -0.384. The molecule has 0 spiro atoms. The van der Waals surface area contributed by atoms with Gasteiger partial charge in [-0.3, -0.25) is 14.9 Å². The number of para-hydroxylation sites is 1. The summed E-state index contributed by atoms with van der Waals surface area (Å²) in [6, 6.07) is 23.4. The number of fused-ring (bicyclic) bond motifs is 2. The van der Waals surface area contributed by atoms with Crippen LogP contribution >= 0.6 is 23.2 Å². The van der Waals surface area contributed by atoms with Crippen molar-refractivity contribution in [3.8, 4) is 23.1 Å². The molecule has 6 aromatic rings. The molecule has 0 N–H and O–H groups in total. The zero-order valence-electron chi connectivity index (χ0n) is 23.1. The number of ether oxygens (including phenoxy) is 2. The van der Waals surface area contributed by atoms with Gasteiger partial charge in [0, 0.05) is 22.5 Å². The summed E-state index contributed by atoms with van der Waals surface area (Å²) in [6.07, 6.45) is 1.46. The monoisotopic (exact) mass is 628 g/mol. The number of nitrogens with zero attached hydrogens (tertiary/aromatic N) is 4. The van der Waals surface area contributed by atoms with Gasteiger partial charge in [-0.1, -0.05) is 47.5 Å². The maximum atomic E-state index is 13.6. The van der Waals surface area contributed by atoms with Gasteiger partial charge in [0.25, 0.3) is 11.2 Å². The van der Waals surface area contributed by atoms with E-state index in [0.717, 1.165) is 5.39 Å². The van der Waals surface area contributed by atoms with Crippen molar-refractivity contribution in [2.45, 2.75) is 13.5 Å². The van der Waals surface area contributed by atoms with Crippen LogP contribution in [0.5, 0.6) is 11.5 Å². The maximum absolute atomic E-state index is 13.6. The van der Waals surface area contributed by atoms with Crippen LogP contribution in [0.1, 0.15) is 18.1 Å². The largest absolute Gasteiger partial charge is 0.490 e. The first-order valence-corrected chi connectivity index (χ1v) is 14.1. The van der Waals surface area contributed by atoms with Gasteiger partial charge in [-0.05, 0) is 66.6 Å². The predicted octanol–water partition coefficient (Wildman–Crippen LogP) is 7.88. The highest BCUT2D eigenvalue weighted by Crippen LogP contribution is 2.37. The summed E-state index contributed by atoms with van der Waals surface area (Å²) < 4.78 is 18.9. The molecular formula is C32H22Cl2N4O6. The molecular weight excluding hydrogens is 607 g/mol. The number of nitro groups is 1. The second-order valence-corrected chi connectivity index (χ2v) is 10.4. The minimum atomic E-state index is -0.470. The van der Waals surface area contributed by atoms with Crippen LogP contribution in [0, 0.1) is 10.1 Å². The number of furan rings is 1. The Bertz CT molecular complexity index is 2140. The van der Waals surface area contributed by atoms with E-state index in [1.165, 1.54) is 23.0 Å². The van der Waals surface area contributed by atoms with Crippen molar-refractivity contribution >= 4 is 57.0 Å². The zero-order chi connectivity index (χ0) is 30.8. The Labute approximate surface area is 259 Å². The number of non-ortho nitro benzene ring substituents is 1. The molecule has 2 heterocycles. The van der Waals surface area contributed by atoms with Crippen LogP contribution in [0.15, 0.2) is 99.2 Å². The zero-order valence-corrected chi connectivity index (χ0v) is 24.6.